The highest BCUT2D eigenvalue weighted by Gasteiger charge is 2.21. The van der Waals surface area contributed by atoms with Gasteiger partial charge in [-0.1, -0.05) is 62.7 Å². The molecule has 0 aliphatic heterocycles. The number of benzene rings is 2. The van der Waals surface area contributed by atoms with E-state index in [-0.39, 0.29) is 22.8 Å². The first-order valence-corrected chi connectivity index (χ1v) is 7.52. The van der Waals surface area contributed by atoms with E-state index in [9.17, 15) is 14.7 Å². The molecule has 1 unspecified atom stereocenters. The molecule has 0 aromatic heterocycles. The minimum Gasteiger partial charge on any atom is -0.478 e. The van der Waals surface area contributed by atoms with E-state index in [0.717, 1.165) is 18.4 Å². The second-order valence-corrected chi connectivity index (χ2v) is 5.46. The summed E-state index contributed by atoms with van der Waals surface area (Å²) in [7, 11) is 0. The third kappa shape index (κ3) is 3.25. The minimum atomic E-state index is -1.08. The van der Waals surface area contributed by atoms with Crippen LogP contribution in [-0.2, 0) is 0 Å². The largest absolute Gasteiger partial charge is 0.478 e. The Bertz CT molecular complexity index is 689. The topological polar surface area (TPSA) is 54.4 Å². The van der Waals surface area contributed by atoms with Gasteiger partial charge >= 0.3 is 5.97 Å². The smallest absolute Gasteiger partial charge is 0.336 e. The zero-order valence-corrected chi connectivity index (χ0v) is 12.9. The molecule has 0 spiro atoms. The zero-order chi connectivity index (χ0) is 16.1. The Kier molecular flexibility index (Phi) is 5.10. The second-order valence-electron chi connectivity index (χ2n) is 5.46. The summed E-state index contributed by atoms with van der Waals surface area (Å²) in [4.78, 5) is 24.2. The first-order chi connectivity index (χ1) is 10.6. The molecule has 0 bridgehead atoms. The van der Waals surface area contributed by atoms with E-state index >= 15 is 0 Å². The van der Waals surface area contributed by atoms with Gasteiger partial charge in [-0.15, -0.1) is 0 Å². The first kappa shape index (κ1) is 16.0. The van der Waals surface area contributed by atoms with Gasteiger partial charge in [0.2, 0.25) is 0 Å². The van der Waals surface area contributed by atoms with Gasteiger partial charge in [-0.25, -0.2) is 4.79 Å². The number of rotatable bonds is 6. The lowest BCUT2D eigenvalue weighted by Gasteiger charge is -2.15. The van der Waals surface area contributed by atoms with Crippen molar-refractivity contribution >= 4 is 11.8 Å². The van der Waals surface area contributed by atoms with Gasteiger partial charge in [0.15, 0.2) is 5.78 Å². The molecule has 0 aliphatic carbocycles. The lowest BCUT2D eigenvalue weighted by Crippen LogP contribution is -2.12. The average molecular weight is 296 g/mol. The Balaban J connectivity index is 2.49. The maximum Gasteiger partial charge on any atom is 0.336 e. The Morgan fingerprint density at radius 2 is 1.50 bits per heavy atom. The molecule has 1 atom stereocenters. The van der Waals surface area contributed by atoms with E-state index in [0.29, 0.717) is 5.56 Å². The number of aromatic carboxylic acids is 1. The Hall–Kier alpha value is -2.42. The molecule has 0 aliphatic rings. The van der Waals surface area contributed by atoms with Crippen molar-refractivity contribution < 1.29 is 14.7 Å². The van der Waals surface area contributed by atoms with E-state index < -0.39 is 5.97 Å². The van der Waals surface area contributed by atoms with Gasteiger partial charge in [0.1, 0.15) is 0 Å². The van der Waals surface area contributed by atoms with E-state index in [1.165, 1.54) is 6.07 Å². The number of carbonyl (C=O) groups excluding carboxylic acids is 1. The molecule has 0 fully saturated rings. The lowest BCUT2D eigenvalue weighted by molar-refractivity contribution is 0.0693. The van der Waals surface area contributed by atoms with Crippen LogP contribution in [0.3, 0.4) is 0 Å². The third-order valence-electron chi connectivity index (χ3n) is 3.86. The second kappa shape index (κ2) is 7.03. The van der Waals surface area contributed by atoms with Gasteiger partial charge in [0.05, 0.1) is 5.56 Å². The maximum atomic E-state index is 12.8. The monoisotopic (exact) mass is 296 g/mol. The summed E-state index contributed by atoms with van der Waals surface area (Å²) >= 11 is 0. The molecule has 2 aromatic carbocycles. The van der Waals surface area contributed by atoms with E-state index in [1.54, 1.807) is 24.3 Å². The van der Waals surface area contributed by atoms with Crippen molar-refractivity contribution in [2.45, 2.75) is 32.6 Å². The van der Waals surface area contributed by atoms with Crippen LogP contribution in [0.1, 0.15) is 64.4 Å². The van der Waals surface area contributed by atoms with Gasteiger partial charge in [0.25, 0.3) is 0 Å². The number of carbonyl (C=O) groups is 2. The summed E-state index contributed by atoms with van der Waals surface area (Å²) in [5, 5.41) is 9.27. The van der Waals surface area contributed by atoms with Crippen molar-refractivity contribution in [1.82, 2.24) is 0 Å². The molecule has 0 heterocycles. The summed E-state index contributed by atoms with van der Waals surface area (Å²) in [5.74, 6) is -1.04. The summed E-state index contributed by atoms with van der Waals surface area (Å²) in [6, 6.07) is 13.8. The van der Waals surface area contributed by atoms with Crippen molar-refractivity contribution in [3.8, 4) is 0 Å². The Morgan fingerprint density at radius 3 is 2.09 bits per heavy atom. The van der Waals surface area contributed by atoms with Crippen LogP contribution in [0.15, 0.2) is 48.5 Å². The molecule has 1 N–H and O–H groups in total. The van der Waals surface area contributed by atoms with Crippen LogP contribution in [0.2, 0.25) is 0 Å². The highest BCUT2D eigenvalue weighted by Crippen LogP contribution is 2.26. The Labute approximate surface area is 130 Å². The molecule has 2 aromatic rings. The number of carboxylic acids is 1. The summed E-state index contributed by atoms with van der Waals surface area (Å²) in [5.41, 5.74) is 1.86. The van der Waals surface area contributed by atoms with Crippen LogP contribution in [0, 0.1) is 0 Å². The lowest BCUT2D eigenvalue weighted by atomic mass is 9.88. The summed E-state index contributed by atoms with van der Waals surface area (Å²) in [6.07, 6.45) is 2.03. The average Bonchev–Trinajstić information content (AvgIpc) is 2.54. The first-order valence-electron chi connectivity index (χ1n) is 7.52. The Morgan fingerprint density at radius 1 is 0.955 bits per heavy atom. The molecule has 114 valence electrons. The van der Waals surface area contributed by atoms with Crippen LogP contribution in [0.5, 0.6) is 0 Å². The number of carboxylic acid groups (broad SMARTS) is 1. The zero-order valence-electron chi connectivity index (χ0n) is 12.9. The molecule has 0 saturated carbocycles. The van der Waals surface area contributed by atoms with Crippen LogP contribution < -0.4 is 0 Å². The highest BCUT2D eigenvalue weighted by atomic mass is 16.4. The van der Waals surface area contributed by atoms with Crippen molar-refractivity contribution in [1.29, 1.82) is 0 Å². The van der Waals surface area contributed by atoms with Gasteiger partial charge in [0, 0.05) is 11.1 Å². The van der Waals surface area contributed by atoms with E-state index in [1.807, 2.05) is 18.2 Å². The highest BCUT2D eigenvalue weighted by molar-refractivity contribution is 6.14. The molecule has 3 nitrogen and oxygen atoms in total. The van der Waals surface area contributed by atoms with Gasteiger partial charge < -0.3 is 5.11 Å². The van der Waals surface area contributed by atoms with Gasteiger partial charge in [-0.05, 0) is 24.0 Å². The van der Waals surface area contributed by atoms with Crippen molar-refractivity contribution in [3.05, 3.63) is 70.8 Å². The standard InChI is InChI=1S/C19H20O3/c1-3-8-13(2)14-9-4-5-10-15(14)18(20)16-11-6-7-12-17(16)19(21)22/h4-7,9-13H,3,8H2,1-2H3,(H,21,22). The minimum absolute atomic E-state index is 0.0467. The third-order valence-corrected chi connectivity index (χ3v) is 3.86. The molecule has 0 amide bonds. The molecule has 0 radical (unpaired) electrons. The normalized spacial score (nSPS) is 11.9. The maximum absolute atomic E-state index is 12.8. The fraction of sp³-hybridized carbons (Fsp3) is 0.263. The molecule has 22 heavy (non-hydrogen) atoms. The van der Waals surface area contributed by atoms with Crippen LogP contribution in [0.4, 0.5) is 0 Å². The van der Waals surface area contributed by atoms with E-state index in [2.05, 4.69) is 13.8 Å². The molecular formula is C19H20O3. The molecule has 2 rings (SSSR count). The molecule has 0 saturated heterocycles. The fourth-order valence-electron chi connectivity index (χ4n) is 2.73. The fourth-order valence-corrected chi connectivity index (χ4v) is 2.73. The van der Waals surface area contributed by atoms with Crippen LogP contribution in [-0.4, -0.2) is 16.9 Å². The summed E-state index contributed by atoms with van der Waals surface area (Å²) < 4.78 is 0. The van der Waals surface area contributed by atoms with Crippen LogP contribution >= 0.6 is 0 Å². The number of hydrogen-bond acceptors (Lipinski definition) is 2. The number of ketones is 1. The van der Waals surface area contributed by atoms with Gasteiger partial charge in [-0.3, -0.25) is 4.79 Å². The van der Waals surface area contributed by atoms with Crippen molar-refractivity contribution in [2.75, 3.05) is 0 Å². The van der Waals surface area contributed by atoms with Gasteiger partial charge in [-0.2, -0.15) is 0 Å². The van der Waals surface area contributed by atoms with Crippen molar-refractivity contribution in [2.24, 2.45) is 0 Å². The van der Waals surface area contributed by atoms with Crippen molar-refractivity contribution in [3.63, 3.8) is 0 Å². The predicted octanol–water partition coefficient (Wildman–Crippen LogP) is 4.52. The predicted molar refractivity (Wildman–Crippen MR) is 86.6 cm³/mol. The van der Waals surface area contributed by atoms with E-state index in [4.69, 9.17) is 0 Å². The quantitative estimate of drug-likeness (QED) is 0.797. The summed E-state index contributed by atoms with van der Waals surface area (Å²) in [6.45, 7) is 4.21. The molecular weight excluding hydrogens is 276 g/mol. The molecule has 3 heteroatoms. The van der Waals surface area contributed by atoms with Crippen LogP contribution in [0.25, 0.3) is 0 Å². The number of hydrogen-bond donors (Lipinski definition) is 1. The SMILES string of the molecule is CCCC(C)c1ccccc1C(=O)c1ccccc1C(=O)O.